The van der Waals surface area contributed by atoms with E-state index in [0.29, 0.717) is 5.56 Å². The summed E-state index contributed by atoms with van der Waals surface area (Å²) in [5.41, 5.74) is 7.32. The third-order valence-corrected chi connectivity index (χ3v) is 4.79. The number of carbonyl (C=O) groups excluding carboxylic acids is 1. The molecular formula is C21H17IN2O. The van der Waals surface area contributed by atoms with Crippen molar-refractivity contribution in [2.75, 3.05) is 0 Å². The minimum absolute atomic E-state index is 0.203. The van der Waals surface area contributed by atoms with Gasteiger partial charge in [-0.3, -0.25) is 4.79 Å². The molecular weight excluding hydrogens is 423 g/mol. The smallest absolute Gasteiger partial charge is 0.267 e. The van der Waals surface area contributed by atoms with Gasteiger partial charge < -0.3 is 0 Å². The van der Waals surface area contributed by atoms with Gasteiger partial charge in [0.25, 0.3) is 5.91 Å². The van der Waals surface area contributed by atoms with Crippen LogP contribution in [0.3, 0.4) is 0 Å². The van der Waals surface area contributed by atoms with Crippen LogP contribution < -0.4 is 5.43 Å². The van der Waals surface area contributed by atoms with E-state index in [0.717, 1.165) is 20.4 Å². The number of amides is 1. The first-order valence-electron chi connectivity index (χ1n) is 7.90. The Kier molecular flexibility index (Phi) is 5.60. The Morgan fingerprint density at radius 1 is 0.840 bits per heavy atom. The second kappa shape index (κ2) is 8.07. The van der Waals surface area contributed by atoms with Crippen molar-refractivity contribution in [2.45, 2.75) is 6.92 Å². The first-order chi connectivity index (χ1) is 12.1. The SMILES string of the molecule is CC(=NNC(=O)c1ccccc1I)c1ccc(-c2ccccc2)cc1. The van der Waals surface area contributed by atoms with Crippen LogP contribution in [0.2, 0.25) is 0 Å². The number of carbonyl (C=O) groups is 1. The van der Waals surface area contributed by atoms with E-state index in [-0.39, 0.29) is 5.91 Å². The summed E-state index contributed by atoms with van der Waals surface area (Å²) in [4.78, 5) is 12.2. The molecule has 0 atom stereocenters. The topological polar surface area (TPSA) is 41.5 Å². The van der Waals surface area contributed by atoms with Crippen molar-refractivity contribution < 1.29 is 4.79 Å². The van der Waals surface area contributed by atoms with E-state index < -0.39 is 0 Å². The summed E-state index contributed by atoms with van der Waals surface area (Å²) in [6.07, 6.45) is 0. The first-order valence-corrected chi connectivity index (χ1v) is 8.98. The number of halogens is 1. The largest absolute Gasteiger partial charge is 0.272 e. The number of hydrogen-bond acceptors (Lipinski definition) is 2. The molecule has 3 aromatic carbocycles. The molecule has 0 aliphatic heterocycles. The van der Waals surface area contributed by atoms with Gasteiger partial charge in [0.15, 0.2) is 0 Å². The maximum absolute atomic E-state index is 12.2. The van der Waals surface area contributed by atoms with E-state index in [1.165, 1.54) is 5.56 Å². The standard InChI is InChI=1S/C21H17IN2O/c1-15(23-24-21(25)19-9-5-6-10-20(19)22)16-11-13-18(14-12-16)17-7-3-2-4-8-17/h2-14H,1H3,(H,24,25). The lowest BCUT2D eigenvalue weighted by molar-refractivity contribution is 0.0954. The zero-order valence-electron chi connectivity index (χ0n) is 13.7. The zero-order chi connectivity index (χ0) is 17.6. The Bertz CT molecular complexity index is 903. The van der Waals surface area contributed by atoms with Gasteiger partial charge in [-0.15, -0.1) is 0 Å². The lowest BCUT2D eigenvalue weighted by atomic mass is 10.0. The fraction of sp³-hybridized carbons (Fsp3) is 0.0476. The lowest BCUT2D eigenvalue weighted by Gasteiger charge is -2.06. The molecule has 0 spiro atoms. The van der Waals surface area contributed by atoms with Crippen molar-refractivity contribution in [2.24, 2.45) is 5.10 Å². The summed E-state index contributed by atoms with van der Waals surface area (Å²) in [5, 5.41) is 4.23. The van der Waals surface area contributed by atoms with Crippen molar-refractivity contribution in [3.8, 4) is 11.1 Å². The highest BCUT2D eigenvalue weighted by atomic mass is 127. The van der Waals surface area contributed by atoms with Crippen molar-refractivity contribution in [3.63, 3.8) is 0 Å². The third kappa shape index (κ3) is 4.33. The van der Waals surface area contributed by atoms with Gasteiger partial charge in [-0.25, -0.2) is 5.43 Å². The summed E-state index contributed by atoms with van der Waals surface area (Å²) in [7, 11) is 0. The quantitative estimate of drug-likeness (QED) is 0.342. The molecule has 3 rings (SSSR count). The second-order valence-corrected chi connectivity index (χ2v) is 6.72. The molecule has 0 bridgehead atoms. The Hall–Kier alpha value is -2.47. The highest BCUT2D eigenvalue weighted by molar-refractivity contribution is 14.1. The molecule has 3 aromatic rings. The lowest BCUT2D eigenvalue weighted by Crippen LogP contribution is -2.20. The summed E-state index contributed by atoms with van der Waals surface area (Å²) in [6, 6.07) is 25.8. The van der Waals surface area contributed by atoms with Crippen molar-refractivity contribution in [1.29, 1.82) is 0 Å². The Morgan fingerprint density at radius 2 is 1.44 bits per heavy atom. The molecule has 0 saturated heterocycles. The number of hydrogen-bond donors (Lipinski definition) is 1. The van der Waals surface area contributed by atoms with Crippen LogP contribution >= 0.6 is 22.6 Å². The fourth-order valence-electron chi connectivity index (χ4n) is 2.44. The molecule has 0 aromatic heterocycles. The van der Waals surface area contributed by atoms with Gasteiger partial charge in [0, 0.05) is 3.57 Å². The monoisotopic (exact) mass is 440 g/mol. The van der Waals surface area contributed by atoms with Crippen molar-refractivity contribution in [3.05, 3.63) is 93.6 Å². The molecule has 0 aliphatic carbocycles. The summed E-state index contributed by atoms with van der Waals surface area (Å²) in [5.74, 6) is -0.203. The van der Waals surface area contributed by atoms with Gasteiger partial charge in [0.2, 0.25) is 0 Å². The Morgan fingerprint density at radius 3 is 2.12 bits per heavy atom. The molecule has 124 valence electrons. The van der Waals surface area contributed by atoms with Gasteiger partial charge in [-0.05, 0) is 58.3 Å². The van der Waals surface area contributed by atoms with Crippen LogP contribution in [0.5, 0.6) is 0 Å². The number of nitrogens with zero attached hydrogens (tertiary/aromatic N) is 1. The Balaban J connectivity index is 1.72. The van der Waals surface area contributed by atoms with E-state index in [2.05, 4.69) is 57.4 Å². The van der Waals surface area contributed by atoms with Gasteiger partial charge in [0.1, 0.15) is 0 Å². The molecule has 1 N–H and O–H groups in total. The molecule has 3 nitrogen and oxygen atoms in total. The first kappa shape index (κ1) is 17.4. The minimum Gasteiger partial charge on any atom is -0.267 e. The molecule has 0 saturated carbocycles. The molecule has 0 heterocycles. The number of hydrazone groups is 1. The van der Waals surface area contributed by atoms with Crippen molar-refractivity contribution >= 4 is 34.2 Å². The summed E-state index contributed by atoms with van der Waals surface area (Å²) < 4.78 is 0.901. The molecule has 25 heavy (non-hydrogen) atoms. The normalized spacial score (nSPS) is 11.2. The van der Waals surface area contributed by atoms with E-state index in [9.17, 15) is 4.79 Å². The van der Waals surface area contributed by atoms with E-state index in [4.69, 9.17) is 0 Å². The van der Waals surface area contributed by atoms with Crippen molar-refractivity contribution in [1.82, 2.24) is 5.43 Å². The summed E-state index contributed by atoms with van der Waals surface area (Å²) in [6.45, 7) is 1.88. The molecule has 1 amide bonds. The second-order valence-electron chi connectivity index (χ2n) is 5.56. The van der Waals surface area contributed by atoms with Crippen LogP contribution in [0.15, 0.2) is 84.0 Å². The van der Waals surface area contributed by atoms with Crippen LogP contribution in [0.1, 0.15) is 22.8 Å². The average Bonchev–Trinajstić information content (AvgIpc) is 2.67. The highest BCUT2D eigenvalue weighted by Gasteiger charge is 2.08. The fourth-order valence-corrected chi connectivity index (χ4v) is 3.07. The Labute approximate surface area is 160 Å². The van der Waals surface area contributed by atoms with E-state index in [1.807, 2.05) is 55.5 Å². The van der Waals surface area contributed by atoms with E-state index in [1.54, 1.807) is 6.07 Å². The molecule has 0 aliphatic rings. The predicted molar refractivity (Wildman–Crippen MR) is 111 cm³/mol. The van der Waals surface area contributed by atoms with Gasteiger partial charge in [-0.2, -0.15) is 5.10 Å². The highest BCUT2D eigenvalue weighted by Crippen LogP contribution is 2.19. The minimum atomic E-state index is -0.203. The zero-order valence-corrected chi connectivity index (χ0v) is 15.9. The molecule has 0 unspecified atom stereocenters. The van der Waals surface area contributed by atoms with Gasteiger partial charge in [-0.1, -0.05) is 66.7 Å². The third-order valence-electron chi connectivity index (χ3n) is 3.85. The van der Waals surface area contributed by atoms with E-state index >= 15 is 0 Å². The maximum atomic E-state index is 12.2. The van der Waals surface area contributed by atoms with Crippen LogP contribution in [-0.4, -0.2) is 11.6 Å². The number of benzene rings is 3. The average molecular weight is 440 g/mol. The predicted octanol–water partition coefficient (Wildman–Crippen LogP) is 5.11. The van der Waals surface area contributed by atoms with Gasteiger partial charge in [0.05, 0.1) is 11.3 Å². The van der Waals surface area contributed by atoms with Crippen LogP contribution in [0, 0.1) is 3.57 Å². The maximum Gasteiger partial charge on any atom is 0.272 e. The summed E-state index contributed by atoms with van der Waals surface area (Å²) >= 11 is 2.14. The number of rotatable bonds is 4. The molecule has 0 radical (unpaired) electrons. The molecule has 0 fully saturated rings. The number of nitrogens with one attached hydrogen (secondary N) is 1. The van der Waals surface area contributed by atoms with Crippen LogP contribution in [-0.2, 0) is 0 Å². The molecule has 4 heteroatoms. The van der Waals surface area contributed by atoms with Crippen LogP contribution in [0.25, 0.3) is 11.1 Å². The van der Waals surface area contributed by atoms with Gasteiger partial charge >= 0.3 is 0 Å². The van der Waals surface area contributed by atoms with Crippen LogP contribution in [0.4, 0.5) is 0 Å².